The van der Waals surface area contributed by atoms with Gasteiger partial charge in [0.2, 0.25) is 11.7 Å². The molecule has 0 aliphatic heterocycles. The molecule has 0 aliphatic rings. The zero-order chi connectivity index (χ0) is 24.7. The molecule has 176 valence electrons. The van der Waals surface area contributed by atoms with Gasteiger partial charge in [-0.25, -0.2) is 18.3 Å². The van der Waals surface area contributed by atoms with Crippen LogP contribution in [0.5, 0.6) is 0 Å². The molecule has 0 bridgehead atoms. The minimum Gasteiger partial charge on any atom is -0.324 e. The number of amides is 1. The number of para-hydroxylation sites is 1. The van der Waals surface area contributed by atoms with E-state index in [1.165, 1.54) is 21.1 Å². The van der Waals surface area contributed by atoms with E-state index >= 15 is 0 Å². The molecule has 10 heteroatoms. The molecule has 0 spiro atoms. The molecule has 1 N–H and O–H groups in total. The molecule has 0 aliphatic carbocycles. The van der Waals surface area contributed by atoms with Crippen molar-refractivity contribution in [3.63, 3.8) is 0 Å². The molecule has 0 saturated carbocycles. The van der Waals surface area contributed by atoms with E-state index in [9.17, 15) is 18.8 Å². The second-order valence-corrected chi connectivity index (χ2v) is 8.55. The highest BCUT2D eigenvalue weighted by molar-refractivity contribution is 6.31. The lowest BCUT2D eigenvalue weighted by molar-refractivity contribution is -0.117. The topological polar surface area (TPSA) is 90.4 Å². The van der Waals surface area contributed by atoms with Crippen LogP contribution in [0.25, 0.3) is 16.7 Å². The van der Waals surface area contributed by atoms with Crippen molar-refractivity contribution in [2.75, 3.05) is 5.32 Å². The highest BCUT2D eigenvalue weighted by Crippen LogP contribution is 2.20. The first-order chi connectivity index (χ1) is 16.8. The molecular formula is C25H19ClFN5O3. The van der Waals surface area contributed by atoms with Gasteiger partial charge in [-0.1, -0.05) is 41.9 Å². The summed E-state index contributed by atoms with van der Waals surface area (Å²) in [5.41, 5.74) is 1.45. The van der Waals surface area contributed by atoms with E-state index < -0.39 is 17.4 Å². The molecule has 0 saturated heterocycles. The number of carbonyl (C=O) groups excluding carboxylic acids is 1. The summed E-state index contributed by atoms with van der Waals surface area (Å²) in [6, 6.07) is 17.5. The monoisotopic (exact) mass is 491 g/mol. The van der Waals surface area contributed by atoms with Crippen molar-refractivity contribution in [3.8, 4) is 0 Å². The summed E-state index contributed by atoms with van der Waals surface area (Å²) in [5, 5.41) is 7.86. The number of halogens is 2. The Morgan fingerprint density at radius 1 is 1.06 bits per heavy atom. The van der Waals surface area contributed by atoms with Gasteiger partial charge in [-0.15, -0.1) is 5.10 Å². The number of carbonyl (C=O) groups is 1. The smallest absolute Gasteiger partial charge is 0.324 e. The van der Waals surface area contributed by atoms with Crippen LogP contribution < -0.4 is 16.6 Å². The van der Waals surface area contributed by atoms with Crippen LogP contribution in [0.1, 0.15) is 11.1 Å². The first-order valence-electron chi connectivity index (χ1n) is 10.7. The highest BCUT2D eigenvalue weighted by Gasteiger charge is 2.19. The van der Waals surface area contributed by atoms with Crippen LogP contribution >= 0.6 is 11.6 Å². The summed E-state index contributed by atoms with van der Waals surface area (Å²) in [7, 11) is 0. The van der Waals surface area contributed by atoms with Crippen LogP contribution in [-0.2, 0) is 17.9 Å². The average Bonchev–Trinajstić information content (AvgIpc) is 3.16. The predicted octanol–water partition coefficient (Wildman–Crippen LogP) is 3.60. The number of rotatable bonds is 5. The fraction of sp³-hybridized carbons (Fsp3) is 0.120. The average molecular weight is 492 g/mol. The van der Waals surface area contributed by atoms with E-state index in [-0.39, 0.29) is 24.4 Å². The maximum Gasteiger partial charge on any atom is 0.352 e. The van der Waals surface area contributed by atoms with Crippen molar-refractivity contribution in [2.24, 2.45) is 0 Å². The largest absolute Gasteiger partial charge is 0.352 e. The van der Waals surface area contributed by atoms with Crippen molar-refractivity contribution in [2.45, 2.75) is 20.0 Å². The molecule has 5 rings (SSSR count). The second-order valence-electron chi connectivity index (χ2n) is 8.12. The first kappa shape index (κ1) is 22.5. The molecule has 0 radical (unpaired) electrons. The number of aryl methyl sites for hydroxylation is 1. The second kappa shape index (κ2) is 8.84. The van der Waals surface area contributed by atoms with Crippen molar-refractivity contribution >= 4 is 39.9 Å². The van der Waals surface area contributed by atoms with Gasteiger partial charge < -0.3 is 5.32 Å². The summed E-state index contributed by atoms with van der Waals surface area (Å²) < 4.78 is 17.0. The van der Waals surface area contributed by atoms with E-state index in [0.717, 1.165) is 10.2 Å². The lowest BCUT2D eigenvalue weighted by Gasteiger charge is -2.09. The van der Waals surface area contributed by atoms with Crippen molar-refractivity contribution in [1.29, 1.82) is 0 Å². The van der Waals surface area contributed by atoms with E-state index in [1.54, 1.807) is 54.6 Å². The van der Waals surface area contributed by atoms with Gasteiger partial charge in [0.05, 0.1) is 17.4 Å². The summed E-state index contributed by atoms with van der Waals surface area (Å²) in [6.45, 7) is 1.52. The Labute approximate surface area is 202 Å². The number of nitrogens with zero attached hydrogens (tertiary/aromatic N) is 4. The third-order valence-corrected chi connectivity index (χ3v) is 5.94. The standard InChI is InChI=1S/C25H19ClFN5O3/c1-15-6-9-17(26)12-20(15)28-22(33)14-31-25(35)32-21-5-3-2-4-19(21)23(34)30(24(32)29-31)13-16-7-10-18(27)11-8-16/h2-12H,13-14H2,1H3,(H,28,33). The number of anilines is 1. The van der Waals surface area contributed by atoms with Crippen LogP contribution in [-0.4, -0.2) is 24.7 Å². The Kier molecular flexibility index (Phi) is 5.70. The van der Waals surface area contributed by atoms with Crippen LogP contribution in [0.15, 0.2) is 76.3 Å². The SMILES string of the molecule is Cc1ccc(Cl)cc1NC(=O)Cn1nc2n(Cc3ccc(F)cc3)c(=O)c3ccccc3n2c1=O. The molecular weight excluding hydrogens is 473 g/mol. The van der Waals surface area contributed by atoms with E-state index in [4.69, 9.17) is 11.6 Å². The highest BCUT2D eigenvalue weighted by atomic mass is 35.5. The Hall–Kier alpha value is -4.24. The van der Waals surface area contributed by atoms with Crippen molar-refractivity contribution in [1.82, 2.24) is 18.7 Å². The van der Waals surface area contributed by atoms with E-state index in [0.29, 0.717) is 27.2 Å². The molecule has 0 unspecified atom stereocenters. The Balaban J connectivity index is 1.60. The molecule has 1 amide bonds. The van der Waals surface area contributed by atoms with Gasteiger partial charge in [0.25, 0.3) is 5.56 Å². The van der Waals surface area contributed by atoms with E-state index in [1.807, 2.05) is 6.92 Å². The third-order valence-electron chi connectivity index (χ3n) is 5.71. The summed E-state index contributed by atoms with van der Waals surface area (Å²) >= 11 is 6.03. The third kappa shape index (κ3) is 4.22. The number of fused-ring (bicyclic) bond motifs is 3. The minimum absolute atomic E-state index is 0.0673. The van der Waals surface area contributed by atoms with E-state index in [2.05, 4.69) is 10.4 Å². The van der Waals surface area contributed by atoms with Gasteiger partial charge in [0.15, 0.2) is 0 Å². The van der Waals surface area contributed by atoms with Gasteiger partial charge >= 0.3 is 5.69 Å². The normalized spacial score (nSPS) is 11.3. The Bertz CT molecular complexity index is 1720. The molecule has 8 nitrogen and oxygen atoms in total. The molecule has 2 aromatic heterocycles. The number of nitrogens with one attached hydrogen (secondary N) is 1. The number of benzene rings is 3. The minimum atomic E-state index is -0.568. The Morgan fingerprint density at radius 2 is 1.80 bits per heavy atom. The van der Waals surface area contributed by atoms with Gasteiger partial charge in [-0.05, 0) is 54.4 Å². The summed E-state index contributed by atoms with van der Waals surface area (Å²) in [4.78, 5) is 39.4. The maximum absolute atomic E-state index is 13.4. The van der Waals surface area contributed by atoms with Gasteiger partial charge in [-0.2, -0.15) is 0 Å². The van der Waals surface area contributed by atoms with Gasteiger partial charge in [0.1, 0.15) is 12.4 Å². The molecule has 2 heterocycles. The van der Waals surface area contributed by atoms with Crippen LogP contribution in [0.3, 0.4) is 0 Å². The number of hydrogen-bond acceptors (Lipinski definition) is 4. The van der Waals surface area contributed by atoms with Crippen LogP contribution in [0.4, 0.5) is 10.1 Å². The summed E-state index contributed by atoms with van der Waals surface area (Å²) in [5.74, 6) is -0.793. The van der Waals surface area contributed by atoms with Crippen molar-refractivity contribution < 1.29 is 9.18 Å². The fourth-order valence-corrected chi connectivity index (χ4v) is 4.11. The molecule has 5 aromatic rings. The van der Waals surface area contributed by atoms with Crippen LogP contribution in [0.2, 0.25) is 5.02 Å². The summed E-state index contributed by atoms with van der Waals surface area (Å²) in [6.07, 6.45) is 0. The molecule has 3 aromatic carbocycles. The zero-order valence-corrected chi connectivity index (χ0v) is 19.3. The maximum atomic E-state index is 13.4. The lowest BCUT2D eigenvalue weighted by atomic mass is 10.2. The van der Waals surface area contributed by atoms with Gasteiger partial charge in [0, 0.05) is 10.7 Å². The van der Waals surface area contributed by atoms with Gasteiger partial charge in [-0.3, -0.25) is 14.2 Å². The fourth-order valence-electron chi connectivity index (χ4n) is 3.94. The number of aromatic nitrogens is 4. The lowest BCUT2D eigenvalue weighted by Crippen LogP contribution is -2.29. The Morgan fingerprint density at radius 3 is 2.57 bits per heavy atom. The predicted molar refractivity (Wildman–Crippen MR) is 132 cm³/mol. The zero-order valence-electron chi connectivity index (χ0n) is 18.5. The van der Waals surface area contributed by atoms with Crippen LogP contribution in [0, 0.1) is 12.7 Å². The number of hydrogen-bond donors (Lipinski definition) is 1. The molecule has 35 heavy (non-hydrogen) atoms. The first-order valence-corrected chi connectivity index (χ1v) is 11.1. The molecule has 0 fully saturated rings. The molecule has 0 atom stereocenters. The quantitative estimate of drug-likeness (QED) is 0.407. The van der Waals surface area contributed by atoms with Crippen molar-refractivity contribution in [3.05, 3.63) is 110 Å².